The Morgan fingerprint density at radius 1 is 1.22 bits per heavy atom. The molecule has 2 rings (SSSR count). The van der Waals surface area contributed by atoms with Gasteiger partial charge in [0.2, 0.25) is 0 Å². The Kier molecular flexibility index (Phi) is 5.21. The first-order valence-electron chi connectivity index (χ1n) is 7.25. The zero-order valence-electron chi connectivity index (χ0n) is 11.8. The Morgan fingerprint density at radius 2 is 2.00 bits per heavy atom. The lowest BCUT2D eigenvalue weighted by atomic mass is 10.0. The summed E-state index contributed by atoms with van der Waals surface area (Å²) in [5.74, 6) is 0.745. The van der Waals surface area contributed by atoms with Crippen molar-refractivity contribution in [1.29, 1.82) is 0 Å². The summed E-state index contributed by atoms with van der Waals surface area (Å²) in [7, 11) is 0. The fourth-order valence-corrected chi connectivity index (χ4v) is 2.59. The van der Waals surface area contributed by atoms with E-state index in [1.165, 1.54) is 31.5 Å². The molecule has 0 spiro atoms. The van der Waals surface area contributed by atoms with E-state index in [2.05, 4.69) is 48.3 Å². The van der Waals surface area contributed by atoms with Crippen LogP contribution in [0.3, 0.4) is 0 Å². The number of rotatable bonds is 5. The Balaban J connectivity index is 1.81. The zero-order valence-corrected chi connectivity index (χ0v) is 11.8. The highest BCUT2D eigenvalue weighted by atomic mass is 15.1. The third-order valence-corrected chi connectivity index (χ3v) is 3.59. The molecule has 2 heteroatoms. The van der Waals surface area contributed by atoms with Gasteiger partial charge in [-0.15, -0.1) is 0 Å². The molecule has 100 valence electrons. The predicted molar refractivity (Wildman–Crippen MR) is 77.7 cm³/mol. The van der Waals surface area contributed by atoms with Crippen LogP contribution >= 0.6 is 0 Å². The summed E-state index contributed by atoms with van der Waals surface area (Å²) < 4.78 is 0. The summed E-state index contributed by atoms with van der Waals surface area (Å²) in [6.07, 6.45) is 2.54. The smallest absolute Gasteiger partial charge is 0.0237 e. The van der Waals surface area contributed by atoms with Gasteiger partial charge in [-0.1, -0.05) is 38.1 Å². The molecule has 18 heavy (non-hydrogen) atoms. The van der Waals surface area contributed by atoms with E-state index in [-0.39, 0.29) is 0 Å². The van der Waals surface area contributed by atoms with E-state index in [1.54, 1.807) is 5.56 Å². The van der Waals surface area contributed by atoms with Gasteiger partial charge < -0.3 is 5.32 Å². The molecule has 1 N–H and O–H groups in total. The SMILES string of the molecule is CC(C)CNCCN1CCCc2ccccc2C1. The summed E-state index contributed by atoms with van der Waals surface area (Å²) >= 11 is 0. The number of aryl methyl sites for hydroxylation is 1. The van der Waals surface area contributed by atoms with Crippen molar-refractivity contribution >= 4 is 0 Å². The van der Waals surface area contributed by atoms with Gasteiger partial charge in [-0.05, 0) is 43.0 Å². The van der Waals surface area contributed by atoms with E-state index in [0.717, 1.165) is 25.6 Å². The van der Waals surface area contributed by atoms with Crippen molar-refractivity contribution in [3.05, 3.63) is 35.4 Å². The van der Waals surface area contributed by atoms with Gasteiger partial charge in [0.05, 0.1) is 0 Å². The molecular formula is C16H26N2. The molecule has 1 aromatic carbocycles. The fourth-order valence-electron chi connectivity index (χ4n) is 2.59. The summed E-state index contributed by atoms with van der Waals surface area (Å²) in [5, 5.41) is 3.53. The molecule has 0 fully saturated rings. The highest BCUT2D eigenvalue weighted by Crippen LogP contribution is 2.17. The maximum absolute atomic E-state index is 3.53. The first-order valence-corrected chi connectivity index (χ1v) is 7.25. The van der Waals surface area contributed by atoms with Gasteiger partial charge in [0.25, 0.3) is 0 Å². The Labute approximate surface area is 111 Å². The Morgan fingerprint density at radius 3 is 2.78 bits per heavy atom. The van der Waals surface area contributed by atoms with Crippen molar-refractivity contribution in [2.24, 2.45) is 5.92 Å². The van der Waals surface area contributed by atoms with Crippen LogP contribution in [0.5, 0.6) is 0 Å². The van der Waals surface area contributed by atoms with Crippen molar-refractivity contribution in [2.75, 3.05) is 26.2 Å². The molecule has 0 radical (unpaired) electrons. The highest BCUT2D eigenvalue weighted by molar-refractivity contribution is 5.27. The Bertz CT molecular complexity index is 360. The second kappa shape index (κ2) is 6.91. The summed E-state index contributed by atoms with van der Waals surface area (Å²) in [6, 6.07) is 8.91. The minimum atomic E-state index is 0.745. The standard InChI is InChI=1S/C16H26N2/c1-14(2)12-17-9-11-18-10-5-8-15-6-3-4-7-16(15)13-18/h3-4,6-7,14,17H,5,8-13H2,1-2H3. The molecule has 0 atom stereocenters. The van der Waals surface area contributed by atoms with Gasteiger partial charge in [0.15, 0.2) is 0 Å². The minimum Gasteiger partial charge on any atom is -0.315 e. The van der Waals surface area contributed by atoms with Crippen molar-refractivity contribution in [3.63, 3.8) is 0 Å². The number of nitrogens with one attached hydrogen (secondary N) is 1. The normalized spacial score (nSPS) is 16.6. The molecule has 0 aliphatic carbocycles. The van der Waals surface area contributed by atoms with E-state index in [1.807, 2.05) is 0 Å². The monoisotopic (exact) mass is 246 g/mol. The molecule has 0 unspecified atom stereocenters. The summed E-state index contributed by atoms with van der Waals surface area (Å²) in [5.41, 5.74) is 3.08. The van der Waals surface area contributed by atoms with Gasteiger partial charge >= 0.3 is 0 Å². The molecule has 1 aliphatic rings. The van der Waals surface area contributed by atoms with Gasteiger partial charge in [-0.25, -0.2) is 0 Å². The molecular weight excluding hydrogens is 220 g/mol. The number of benzene rings is 1. The quantitative estimate of drug-likeness (QED) is 0.804. The van der Waals surface area contributed by atoms with Crippen LogP contribution in [0, 0.1) is 5.92 Å². The van der Waals surface area contributed by atoms with Crippen LogP contribution < -0.4 is 5.32 Å². The first-order chi connectivity index (χ1) is 8.75. The summed E-state index contributed by atoms with van der Waals surface area (Å²) in [6.45, 7) is 10.3. The van der Waals surface area contributed by atoms with Gasteiger partial charge in [0.1, 0.15) is 0 Å². The van der Waals surface area contributed by atoms with E-state index >= 15 is 0 Å². The third kappa shape index (κ3) is 4.11. The van der Waals surface area contributed by atoms with Crippen molar-refractivity contribution < 1.29 is 0 Å². The fraction of sp³-hybridized carbons (Fsp3) is 0.625. The topological polar surface area (TPSA) is 15.3 Å². The first kappa shape index (κ1) is 13.6. The third-order valence-electron chi connectivity index (χ3n) is 3.59. The number of fused-ring (bicyclic) bond motifs is 1. The van der Waals surface area contributed by atoms with Crippen LogP contribution in [-0.4, -0.2) is 31.1 Å². The molecule has 1 aliphatic heterocycles. The molecule has 2 nitrogen and oxygen atoms in total. The van der Waals surface area contributed by atoms with E-state index in [0.29, 0.717) is 0 Å². The molecule has 0 aromatic heterocycles. The predicted octanol–water partition coefficient (Wildman–Crippen LogP) is 2.68. The molecule has 1 heterocycles. The van der Waals surface area contributed by atoms with E-state index < -0.39 is 0 Å². The van der Waals surface area contributed by atoms with Gasteiger partial charge in [-0.2, -0.15) is 0 Å². The van der Waals surface area contributed by atoms with Crippen LogP contribution in [0.1, 0.15) is 31.4 Å². The molecule has 1 aromatic rings. The number of nitrogens with zero attached hydrogens (tertiary/aromatic N) is 1. The van der Waals surface area contributed by atoms with E-state index in [4.69, 9.17) is 0 Å². The Hall–Kier alpha value is -0.860. The van der Waals surface area contributed by atoms with Crippen molar-refractivity contribution in [3.8, 4) is 0 Å². The maximum Gasteiger partial charge on any atom is 0.0237 e. The lowest BCUT2D eigenvalue weighted by molar-refractivity contribution is 0.267. The molecule has 0 saturated heterocycles. The van der Waals surface area contributed by atoms with Crippen LogP contribution in [-0.2, 0) is 13.0 Å². The summed E-state index contributed by atoms with van der Waals surface area (Å²) in [4.78, 5) is 2.58. The molecule has 0 saturated carbocycles. The van der Waals surface area contributed by atoms with Crippen LogP contribution in [0.25, 0.3) is 0 Å². The van der Waals surface area contributed by atoms with Crippen LogP contribution in [0.4, 0.5) is 0 Å². The zero-order chi connectivity index (χ0) is 12.8. The number of hydrogen-bond acceptors (Lipinski definition) is 2. The van der Waals surface area contributed by atoms with E-state index in [9.17, 15) is 0 Å². The second-order valence-electron chi connectivity index (χ2n) is 5.75. The highest BCUT2D eigenvalue weighted by Gasteiger charge is 2.13. The molecule has 0 bridgehead atoms. The van der Waals surface area contributed by atoms with Crippen molar-refractivity contribution in [2.45, 2.75) is 33.2 Å². The van der Waals surface area contributed by atoms with Gasteiger partial charge in [0, 0.05) is 19.6 Å². The number of hydrogen-bond donors (Lipinski definition) is 1. The minimum absolute atomic E-state index is 0.745. The van der Waals surface area contributed by atoms with Crippen molar-refractivity contribution in [1.82, 2.24) is 10.2 Å². The van der Waals surface area contributed by atoms with Crippen LogP contribution in [0.15, 0.2) is 24.3 Å². The lowest BCUT2D eigenvalue weighted by Crippen LogP contribution is -2.33. The lowest BCUT2D eigenvalue weighted by Gasteiger charge is -2.21. The maximum atomic E-state index is 3.53. The largest absolute Gasteiger partial charge is 0.315 e. The van der Waals surface area contributed by atoms with Gasteiger partial charge in [-0.3, -0.25) is 4.90 Å². The average Bonchev–Trinajstić information content (AvgIpc) is 2.56. The molecule has 0 amide bonds. The second-order valence-corrected chi connectivity index (χ2v) is 5.75. The van der Waals surface area contributed by atoms with Crippen LogP contribution in [0.2, 0.25) is 0 Å². The average molecular weight is 246 g/mol.